The SMILES string of the molecule is CNC(CCCc1cccc(Br)c1)C(C)C. The number of nitrogens with one attached hydrogen (secondary N) is 1. The van der Waals surface area contributed by atoms with Crippen LogP contribution in [0, 0.1) is 5.92 Å². The van der Waals surface area contributed by atoms with E-state index in [4.69, 9.17) is 0 Å². The maximum atomic E-state index is 3.51. The van der Waals surface area contributed by atoms with Crippen LogP contribution in [0.25, 0.3) is 0 Å². The van der Waals surface area contributed by atoms with Gasteiger partial charge in [-0.3, -0.25) is 0 Å². The average Bonchev–Trinajstić information content (AvgIpc) is 2.24. The van der Waals surface area contributed by atoms with Crippen molar-refractivity contribution in [2.45, 2.75) is 39.2 Å². The van der Waals surface area contributed by atoms with Gasteiger partial charge in [-0.05, 0) is 49.9 Å². The summed E-state index contributed by atoms with van der Waals surface area (Å²) in [4.78, 5) is 0. The summed E-state index contributed by atoms with van der Waals surface area (Å²) < 4.78 is 1.18. The predicted molar refractivity (Wildman–Crippen MR) is 74.8 cm³/mol. The molecule has 1 nitrogen and oxygen atoms in total. The lowest BCUT2D eigenvalue weighted by Crippen LogP contribution is -2.30. The minimum absolute atomic E-state index is 0.646. The van der Waals surface area contributed by atoms with Crippen molar-refractivity contribution in [2.24, 2.45) is 5.92 Å². The van der Waals surface area contributed by atoms with Crippen LogP contribution in [0.15, 0.2) is 28.7 Å². The number of rotatable bonds is 6. The Bertz CT molecular complexity index is 309. The Labute approximate surface area is 108 Å². The van der Waals surface area contributed by atoms with Gasteiger partial charge in [0.2, 0.25) is 0 Å². The standard InChI is InChI=1S/C14H22BrN/c1-11(2)14(16-3)9-5-7-12-6-4-8-13(15)10-12/h4,6,8,10-11,14,16H,5,7,9H2,1-3H3. The Hall–Kier alpha value is -0.340. The number of halogens is 1. The molecule has 0 spiro atoms. The van der Waals surface area contributed by atoms with E-state index < -0.39 is 0 Å². The molecular weight excluding hydrogens is 262 g/mol. The number of benzene rings is 1. The van der Waals surface area contributed by atoms with E-state index in [1.807, 2.05) is 0 Å². The van der Waals surface area contributed by atoms with E-state index in [1.165, 1.54) is 29.3 Å². The molecule has 0 amide bonds. The van der Waals surface area contributed by atoms with Gasteiger partial charge in [0.15, 0.2) is 0 Å². The van der Waals surface area contributed by atoms with E-state index >= 15 is 0 Å². The minimum atomic E-state index is 0.646. The molecule has 2 heteroatoms. The maximum absolute atomic E-state index is 3.51. The van der Waals surface area contributed by atoms with Crippen LogP contribution in [0.3, 0.4) is 0 Å². The molecule has 16 heavy (non-hydrogen) atoms. The van der Waals surface area contributed by atoms with Gasteiger partial charge in [0.25, 0.3) is 0 Å². The summed E-state index contributed by atoms with van der Waals surface area (Å²) >= 11 is 3.51. The smallest absolute Gasteiger partial charge is 0.0177 e. The highest BCUT2D eigenvalue weighted by Crippen LogP contribution is 2.15. The number of hydrogen-bond donors (Lipinski definition) is 1. The molecule has 0 radical (unpaired) electrons. The molecule has 0 aromatic heterocycles. The van der Waals surface area contributed by atoms with Gasteiger partial charge in [-0.1, -0.05) is 41.9 Å². The second-order valence-electron chi connectivity index (χ2n) is 4.66. The molecule has 1 aromatic rings. The highest BCUT2D eigenvalue weighted by atomic mass is 79.9. The molecule has 1 atom stereocenters. The highest BCUT2D eigenvalue weighted by Gasteiger charge is 2.09. The first-order valence-electron chi connectivity index (χ1n) is 6.05. The van der Waals surface area contributed by atoms with E-state index in [2.05, 4.69) is 66.4 Å². The first-order chi connectivity index (χ1) is 7.63. The van der Waals surface area contributed by atoms with E-state index in [-0.39, 0.29) is 0 Å². The lowest BCUT2D eigenvalue weighted by atomic mass is 9.97. The van der Waals surface area contributed by atoms with Crippen molar-refractivity contribution in [1.29, 1.82) is 0 Å². The number of hydrogen-bond acceptors (Lipinski definition) is 1. The van der Waals surface area contributed by atoms with Crippen LogP contribution in [0.5, 0.6) is 0 Å². The fourth-order valence-electron chi connectivity index (χ4n) is 2.03. The van der Waals surface area contributed by atoms with E-state index in [0.717, 1.165) is 0 Å². The van der Waals surface area contributed by atoms with E-state index in [9.17, 15) is 0 Å². The molecule has 0 aliphatic rings. The molecule has 0 bridgehead atoms. The van der Waals surface area contributed by atoms with Crippen molar-refractivity contribution in [3.63, 3.8) is 0 Å². The molecule has 90 valence electrons. The molecule has 1 rings (SSSR count). The third-order valence-corrected chi connectivity index (χ3v) is 3.54. The zero-order chi connectivity index (χ0) is 12.0. The third-order valence-electron chi connectivity index (χ3n) is 3.05. The molecule has 0 heterocycles. The van der Waals surface area contributed by atoms with Crippen molar-refractivity contribution in [2.75, 3.05) is 7.05 Å². The van der Waals surface area contributed by atoms with Gasteiger partial charge in [0.05, 0.1) is 0 Å². The quantitative estimate of drug-likeness (QED) is 0.832. The summed E-state index contributed by atoms with van der Waals surface area (Å²) in [5.41, 5.74) is 1.42. The molecule has 1 N–H and O–H groups in total. The van der Waals surface area contributed by atoms with Crippen LogP contribution >= 0.6 is 15.9 Å². The predicted octanol–water partition coefficient (Wildman–Crippen LogP) is 4.02. The fourth-order valence-corrected chi connectivity index (χ4v) is 2.48. The van der Waals surface area contributed by atoms with Crippen LogP contribution in [-0.2, 0) is 6.42 Å². The highest BCUT2D eigenvalue weighted by molar-refractivity contribution is 9.10. The van der Waals surface area contributed by atoms with Crippen LogP contribution in [0.2, 0.25) is 0 Å². The average molecular weight is 284 g/mol. The summed E-state index contributed by atoms with van der Waals surface area (Å²) in [6, 6.07) is 9.25. The summed E-state index contributed by atoms with van der Waals surface area (Å²) in [6.45, 7) is 4.56. The Morgan fingerprint density at radius 2 is 2.06 bits per heavy atom. The van der Waals surface area contributed by atoms with Crippen molar-refractivity contribution in [3.05, 3.63) is 34.3 Å². The van der Waals surface area contributed by atoms with E-state index in [0.29, 0.717) is 12.0 Å². The molecule has 0 aliphatic carbocycles. The Morgan fingerprint density at radius 1 is 1.31 bits per heavy atom. The molecule has 1 unspecified atom stereocenters. The van der Waals surface area contributed by atoms with E-state index in [1.54, 1.807) is 0 Å². The molecule has 0 saturated carbocycles. The van der Waals surface area contributed by atoms with Gasteiger partial charge < -0.3 is 5.32 Å². The van der Waals surface area contributed by atoms with Gasteiger partial charge >= 0.3 is 0 Å². The molecule has 0 aliphatic heterocycles. The largest absolute Gasteiger partial charge is 0.317 e. The van der Waals surface area contributed by atoms with Crippen LogP contribution in [0.1, 0.15) is 32.3 Å². The second kappa shape index (κ2) is 7.08. The van der Waals surface area contributed by atoms with Gasteiger partial charge in [-0.25, -0.2) is 0 Å². The zero-order valence-electron chi connectivity index (χ0n) is 10.5. The van der Waals surface area contributed by atoms with Crippen LogP contribution in [-0.4, -0.2) is 13.1 Å². The third kappa shape index (κ3) is 4.67. The molecular formula is C14H22BrN. The van der Waals surface area contributed by atoms with Crippen molar-refractivity contribution < 1.29 is 0 Å². The van der Waals surface area contributed by atoms with Crippen molar-refractivity contribution in [3.8, 4) is 0 Å². The van der Waals surface area contributed by atoms with Crippen LogP contribution in [0.4, 0.5) is 0 Å². The summed E-state index contributed by atoms with van der Waals surface area (Å²) in [7, 11) is 2.06. The Balaban J connectivity index is 2.35. The lowest BCUT2D eigenvalue weighted by molar-refractivity contribution is 0.393. The second-order valence-corrected chi connectivity index (χ2v) is 5.58. The molecule has 1 aromatic carbocycles. The Morgan fingerprint density at radius 3 is 2.62 bits per heavy atom. The maximum Gasteiger partial charge on any atom is 0.0177 e. The monoisotopic (exact) mass is 283 g/mol. The van der Waals surface area contributed by atoms with Gasteiger partial charge in [0, 0.05) is 10.5 Å². The van der Waals surface area contributed by atoms with Gasteiger partial charge in [-0.15, -0.1) is 0 Å². The zero-order valence-corrected chi connectivity index (χ0v) is 12.0. The number of aryl methyl sites for hydroxylation is 1. The van der Waals surface area contributed by atoms with Crippen molar-refractivity contribution >= 4 is 15.9 Å². The lowest BCUT2D eigenvalue weighted by Gasteiger charge is -2.19. The summed E-state index contributed by atoms with van der Waals surface area (Å²) in [5.74, 6) is 0.715. The molecule has 0 fully saturated rings. The normalized spacial score (nSPS) is 13.1. The summed E-state index contributed by atoms with van der Waals surface area (Å²) in [5, 5.41) is 3.39. The summed E-state index contributed by atoms with van der Waals surface area (Å²) in [6.07, 6.45) is 3.67. The van der Waals surface area contributed by atoms with Crippen LogP contribution < -0.4 is 5.32 Å². The van der Waals surface area contributed by atoms with Crippen molar-refractivity contribution in [1.82, 2.24) is 5.32 Å². The van der Waals surface area contributed by atoms with Gasteiger partial charge in [-0.2, -0.15) is 0 Å². The minimum Gasteiger partial charge on any atom is -0.317 e. The fraction of sp³-hybridized carbons (Fsp3) is 0.571. The van der Waals surface area contributed by atoms with Gasteiger partial charge in [0.1, 0.15) is 0 Å². The topological polar surface area (TPSA) is 12.0 Å². The Kier molecular flexibility index (Phi) is 6.07. The first-order valence-corrected chi connectivity index (χ1v) is 6.84. The first kappa shape index (κ1) is 13.7. The molecule has 0 saturated heterocycles.